The third-order valence-electron chi connectivity index (χ3n) is 3.90. The number of amides is 2. The van der Waals surface area contributed by atoms with E-state index in [0.717, 1.165) is 22.4 Å². The Kier molecular flexibility index (Phi) is 5.09. The third kappa shape index (κ3) is 4.23. The molecule has 0 fully saturated rings. The predicted octanol–water partition coefficient (Wildman–Crippen LogP) is 2.82. The average molecular weight is 335 g/mol. The van der Waals surface area contributed by atoms with E-state index in [9.17, 15) is 4.79 Å². The maximum atomic E-state index is 12.3. The second-order valence-electron chi connectivity index (χ2n) is 5.91. The number of hydrogen-bond acceptors (Lipinski definition) is 3. The van der Waals surface area contributed by atoms with Crippen LogP contribution in [0.3, 0.4) is 0 Å². The zero-order valence-electron chi connectivity index (χ0n) is 14.4. The van der Waals surface area contributed by atoms with Gasteiger partial charge in [0.05, 0.1) is 5.69 Å². The summed E-state index contributed by atoms with van der Waals surface area (Å²) in [6, 6.07) is 13.6. The van der Waals surface area contributed by atoms with Crippen molar-refractivity contribution in [2.45, 2.75) is 13.1 Å². The van der Waals surface area contributed by atoms with Crippen molar-refractivity contribution in [3.63, 3.8) is 0 Å². The van der Waals surface area contributed by atoms with E-state index >= 15 is 0 Å². The van der Waals surface area contributed by atoms with Gasteiger partial charge >= 0.3 is 6.03 Å². The second kappa shape index (κ2) is 7.61. The number of carbonyl (C=O) groups is 1. The number of rotatable bonds is 5. The number of aryl methyl sites for hydroxylation is 1. The summed E-state index contributed by atoms with van der Waals surface area (Å²) in [4.78, 5) is 18.0. The molecule has 3 rings (SSSR count). The molecule has 2 amide bonds. The number of benzene rings is 1. The Bertz CT molecular complexity index is 830. The Hall–Kier alpha value is -3.15. The molecular formula is C19H21N5O. The molecule has 3 aromatic rings. The van der Waals surface area contributed by atoms with Crippen molar-refractivity contribution in [1.82, 2.24) is 25.0 Å². The molecule has 0 spiro atoms. The molecule has 0 saturated carbocycles. The number of hydrogen-bond donors (Lipinski definition) is 1. The molecule has 0 aliphatic carbocycles. The quantitative estimate of drug-likeness (QED) is 0.780. The predicted molar refractivity (Wildman–Crippen MR) is 96.6 cm³/mol. The largest absolute Gasteiger partial charge is 0.334 e. The Balaban J connectivity index is 1.64. The maximum absolute atomic E-state index is 12.3. The van der Waals surface area contributed by atoms with Gasteiger partial charge in [-0.1, -0.05) is 30.3 Å². The molecule has 0 unspecified atom stereocenters. The lowest BCUT2D eigenvalue weighted by Gasteiger charge is -2.18. The summed E-state index contributed by atoms with van der Waals surface area (Å²) in [5, 5.41) is 7.48. The zero-order valence-corrected chi connectivity index (χ0v) is 14.4. The van der Waals surface area contributed by atoms with E-state index in [2.05, 4.69) is 15.4 Å². The van der Waals surface area contributed by atoms with E-state index < -0.39 is 0 Å². The smallest absolute Gasteiger partial charge is 0.317 e. The van der Waals surface area contributed by atoms with Crippen LogP contribution in [0.2, 0.25) is 0 Å². The molecule has 6 nitrogen and oxygen atoms in total. The molecule has 2 aromatic heterocycles. The van der Waals surface area contributed by atoms with E-state index in [-0.39, 0.29) is 6.03 Å². The summed E-state index contributed by atoms with van der Waals surface area (Å²) in [6.45, 7) is 0.963. The van der Waals surface area contributed by atoms with Gasteiger partial charge in [-0.15, -0.1) is 0 Å². The number of pyridine rings is 1. The molecule has 0 aliphatic rings. The van der Waals surface area contributed by atoms with Crippen LogP contribution in [0.25, 0.3) is 11.3 Å². The zero-order chi connectivity index (χ0) is 17.6. The molecule has 1 aromatic carbocycles. The highest BCUT2D eigenvalue weighted by atomic mass is 16.2. The first-order chi connectivity index (χ1) is 12.1. The molecule has 0 radical (unpaired) electrons. The Labute approximate surface area is 147 Å². The van der Waals surface area contributed by atoms with Crippen molar-refractivity contribution < 1.29 is 4.79 Å². The van der Waals surface area contributed by atoms with Gasteiger partial charge in [0.2, 0.25) is 0 Å². The monoisotopic (exact) mass is 335 g/mol. The Morgan fingerprint density at radius 1 is 1.16 bits per heavy atom. The molecule has 1 N–H and O–H groups in total. The van der Waals surface area contributed by atoms with Crippen LogP contribution < -0.4 is 5.32 Å². The minimum Gasteiger partial charge on any atom is -0.334 e. The number of urea groups is 1. The molecule has 0 saturated heterocycles. The molecule has 0 atom stereocenters. The van der Waals surface area contributed by atoms with Crippen LogP contribution in [0.1, 0.15) is 11.1 Å². The van der Waals surface area contributed by atoms with E-state index in [4.69, 9.17) is 0 Å². The third-order valence-corrected chi connectivity index (χ3v) is 3.90. The fourth-order valence-electron chi connectivity index (χ4n) is 2.65. The molecule has 25 heavy (non-hydrogen) atoms. The molecule has 0 aliphatic heterocycles. The highest BCUT2D eigenvalue weighted by molar-refractivity contribution is 5.74. The lowest BCUT2D eigenvalue weighted by molar-refractivity contribution is 0.206. The number of nitrogens with zero attached hydrogens (tertiary/aromatic N) is 4. The molecule has 6 heteroatoms. The minimum absolute atomic E-state index is 0.125. The van der Waals surface area contributed by atoms with Crippen LogP contribution in [-0.4, -0.2) is 32.7 Å². The first-order valence-corrected chi connectivity index (χ1v) is 8.09. The van der Waals surface area contributed by atoms with Gasteiger partial charge in [0.15, 0.2) is 0 Å². The second-order valence-corrected chi connectivity index (χ2v) is 5.91. The summed E-state index contributed by atoms with van der Waals surface area (Å²) < 4.78 is 1.77. The highest BCUT2D eigenvalue weighted by Crippen LogP contribution is 2.21. The molecular weight excluding hydrogens is 314 g/mol. The number of carbonyl (C=O) groups excluding carboxylic acids is 1. The van der Waals surface area contributed by atoms with Crippen LogP contribution in [0.5, 0.6) is 0 Å². The fraction of sp³-hybridized carbons (Fsp3) is 0.211. The SMILES string of the molecule is CN(Cc1ccncc1)C(=O)NCc1cn(C)nc1-c1ccccc1. The lowest BCUT2D eigenvalue weighted by atomic mass is 10.1. The van der Waals surface area contributed by atoms with Crippen LogP contribution in [-0.2, 0) is 20.1 Å². The van der Waals surface area contributed by atoms with Crippen molar-refractivity contribution in [2.24, 2.45) is 7.05 Å². The first-order valence-electron chi connectivity index (χ1n) is 8.09. The van der Waals surface area contributed by atoms with E-state index in [1.54, 1.807) is 29.0 Å². The highest BCUT2D eigenvalue weighted by Gasteiger charge is 2.13. The van der Waals surface area contributed by atoms with Crippen molar-refractivity contribution >= 4 is 6.03 Å². The Morgan fingerprint density at radius 3 is 2.60 bits per heavy atom. The van der Waals surface area contributed by atoms with Crippen LogP contribution in [0.4, 0.5) is 4.79 Å². The minimum atomic E-state index is -0.125. The van der Waals surface area contributed by atoms with Gasteiger partial charge in [-0.05, 0) is 17.7 Å². The summed E-state index contributed by atoms with van der Waals surface area (Å²) in [5.74, 6) is 0. The topological polar surface area (TPSA) is 63.1 Å². The maximum Gasteiger partial charge on any atom is 0.317 e. The summed E-state index contributed by atoms with van der Waals surface area (Å²) >= 11 is 0. The van der Waals surface area contributed by atoms with E-state index in [1.165, 1.54) is 0 Å². The number of aromatic nitrogens is 3. The van der Waals surface area contributed by atoms with Crippen LogP contribution in [0, 0.1) is 0 Å². The first kappa shape index (κ1) is 16.7. The van der Waals surface area contributed by atoms with Gasteiger partial charge < -0.3 is 10.2 Å². The summed E-state index contributed by atoms with van der Waals surface area (Å²) in [6.07, 6.45) is 5.39. The van der Waals surface area contributed by atoms with Gasteiger partial charge in [0, 0.05) is 56.9 Å². The van der Waals surface area contributed by atoms with Gasteiger partial charge in [-0.25, -0.2) is 4.79 Å². The molecule has 0 bridgehead atoms. The summed E-state index contributed by atoms with van der Waals surface area (Å²) in [5.41, 5.74) is 3.95. The summed E-state index contributed by atoms with van der Waals surface area (Å²) in [7, 11) is 3.66. The lowest BCUT2D eigenvalue weighted by Crippen LogP contribution is -2.36. The fourth-order valence-corrected chi connectivity index (χ4v) is 2.65. The van der Waals surface area contributed by atoms with Gasteiger partial charge in [0.1, 0.15) is 0 Å². The normalized spacial score (nSPS) is 10.5. The van der Waals surface area contributed by atoms with Crippen LogP contribution in [0.15, 0.2) is 61.1 Å². The van der Waals surface area contributed by atoms with Gasteiger partial charge in [0.25, 0.3) is 0 Å². The van der Waals surface area contributed by atoms with E-state index in [0.29, 0.717) is 13.1 Å². The van der Waals surface area contributed by atoms with Gasteiger partial charge in [-0.2, -0.15) is 5.10 Å². The van der Waals surface area contributed by atoms with Crippen molar-refractivity contribution in [3.8, 4) is 11.3 Å². The van der Waals surface area contributed by atoms with Crippen molar-refractivity contribution in [3.05, 3.63) is 72.2 Å². The number of nitrogens with one attached hydrogen (secondary N) is 1. The van der Waals surface area contributed by atoms with Crippen molar-refractivity contribution in [2.75, 3.05) is 7.05 Å². The van der Waals surface area contributed by atoms with Crippen molar-refractivity contribution in [1.29, 1.82) is 0 Å². The van der Waals surface area contributed by atoms with Gasteiger partial charge in [-0.3, -0.25) is 9.67 Å². The van der Waals surface area contributed by atoms with Crippen LogP contribution >= 0.6 is 0 Å². The average Bonchev–Trinajstić information content (AvgIpc) is 3.02. The Morgan fingerprint density at radius 2 is 1.88 bits per heavy atom. The van der Waals surface area contributed by atoms with E-state index in [1.807, 2.05) is 55.7 Å². The standard InChI is InChI=1S/C19H21N5O/c1-23(13-15-8-10-20-11-9-15)19(25)21-12-17-14-24(2)22-18(17)16-6-4-3-5-7-16/h3-11,14H,12-13H2,1-2H3,(H,21,25). The molecule has 2 heterocycles. The molecule has 128 valence electrons.